The maximum atomic E-state index is 12.9. The molecule has 1 atom stereocenters. The predicted molar refractivity (Wildman–Crippen MR) is 137 cm³/mol. The summed E-state index contributed by atoms with van der Waals surface area (Å²) >= 11 is 0. The van der Waals surface area contributed by atoms with Crippen LogP contribution in [-0.2, 0) is 17.6 Å². The Hall–Kier alpha value is -3.64. The van der Waals surface area contributed by atoms with Gasteiger partial charge >= 0.3 is 5.97 Å². The number of likely N-dealkylation sites (N-methyl/N-ethyl adjacent to an activating group) is 1. The van der Waals surface area contributed by atoms with Crippen molar-refractivity contribution in [1.29, 1.82) is 0 Å². The average molecular weight is 476 g/mol. The molecule has 0 amide bonds. The van der Waals surface area contributed by atoms with E-state index in [9.17, 15) is 9.59 Å². The smallest absolute Gasteiger partial charge is 0.339 e. The third-order valence-corrected chi connectivity index (χ3v) is 5.61. The highest BCUT2D eigenvalue weighted by molar-refractivity contribution is 6.05. The lowest BCUT2D eigenvalue weighted by molar-refractivity contribution is 0.0101. The molecule has 0 saturated carbocycles. The van der Waals surface area contributed by atoms with Gasteiger partial charge in [0.15, 0.2) is 5.78 Å². The van der Waals surface area contributed by atoms with Crippen molar-refractivity contribution < 1.29 is 23.8 Å². The molecule has 0 unspecified atom stereocenters. The second kappa shape index (κ2) is 12.7. The fraction of sp³-hybridized carbons (Fsp3) is 0.310. The Kier molecular flexibility index (Phi) is 9.44. The van der Waals surface area contributed by atoms with Crippen molar-refractivity contribution in [2.75, 3.05) is 34.4 Å². The molecule has 0 bridgehead atoms. The van der Waals surface area contributed by atoms with Crippen molar-refractivity contribution >= 4 is 11.8 Å². The van der Waals surface area contributed by atoms with E-state index in [1.54, 1.807) is 31.4 Å². The van der Waals surface area contributed by atoms with Gasteiger partial charge in [0.2, 0.25) is 0 Å². The van der Waals surface area contributed by atoms with Crippen molar-refractivity contribution in [3.05, 3.63) is 95.1 Å². The monoisotopic (exact) mass is 475 g/mol. The van der Waals surface area contributed by atoms with Gasteiger partial charge in [0.1, 0.15) is 24.2 Å². The van der Waals surface area contributed by atoms with E-state index in [1.165, 1.54) is 12.5 Å². The molecule has 0 spiro atoms. The summed E-state index contributed by atoms with van der Waals surface area (Å²) in [6, 6.07) is 22.7. The predicted octanol–water partition coefficient (Wildman–Crippen LogP) is 4.85. The second-order valence-electron chi connectivity index (χ2n) is 8.66. The van der Waals surface area contributed by atoms with Crippen molar-refractivity contribution in [2.45, 2.75) is 25.9 Å². The highest BCUT2D eigenvalue weighted by Crippen LogP contribution is 2.22. The maximum Gasteiger partial charge on any atom is 0.339 e. The first-order valence-corrected chi connectivity index (χ1v) is 11.7. The summed E-state index contributed by atoms with van der Waals surface area (Å²) in [5.41, 5.74) is 2.92. The fourth-order valence-electron chi connectivity index (χ4n) is 3.82. The molecule has 3 aromatic carbocycles. The standard InChI is InChI=1S/C29H33NO5/c1-21(31)26-10-6-7-11-27(26)29(32)35-25(19-30(2)3)20-34-28-12-8-5-9-23(28)16-13-22-14-17-24(33-4)18-15-22/h5-12,14-15,17-18,25H,13,16,19-20H2,1-4H3/t25-/m1/s1. The Labute approximate surface area is 207 Å². The molecule has 0 aliphatic rings. The van der Waals surface area contributed by atoms with Crippen LogP contribution in [0.2, 0.25) is 0 Å². The van der Waals surface area contributed by atoms with Crippen molar-refractivity contribution in [3.63, 3.8) is 0 Å². The van der Waals surface area contributed by atoms with Gasteiger partial charge in [-0.2, -0.15) is 0 Å². The van der Waals surface area contributed by atoms with Crippen LogP contribution in [0.25, 0.3) is 0 Å². The summed E-state index contributed by atoms with van der Waals surface area (Å²) in [5, 5.41) is 0. The number of nitrogens with zero attached hydrogens (tertiary/aromatic N) is 1. The number of esters is 1. The summed E-state index contributed by atoms with van der Waals surface area (Å²) in [5.74, 6) is 0.901. The summed E-state index contributed by atoms with van der Waals surface area (Å²) in [6.07, 6.45) is 1.17. The normalized spacial score (nSPS) is 11.7. The lowest BCUT2D eigenvalue weighted by atomic mass is 10.0. The van der Waals surface area contributed by atoms with Gasteiger partial charge in [-0.25, -0.2) is 4.79 Å². The van der Waals surface area contributed by atoms with E-state index in [2.05, 4.69) is 18.2 Å². The van der Waals surface area contributed by atoms with E-state index in [0.717, 1.165) is 29.9 Å². The molecule has 184 valence electrons. The average Bonchev–Trinajstić information content (AvgIpc) is 2.86. The molecule has 3 aromatic rings. The second-order valence-corrected chi connectivity index (χ2v) is 8.66. The number of ether oxygens (including phenoxy) is 3. The molecule has 0 aliphatic carbocycles. The molecule has 3 rings (SSSR count). The maximum absolute atomic E-state index is 12.9. The van der Waals surface area contributed by atoms with Gasteiger partial charge in [0, 0.05) is 12.1 Å². The van der Waals surface area contributed by atoms with E-state index in [1.807, 2.05) is 49.3 Å². The third kappa shape index (κ3) is 7.69. The largest absolute Gasteiger partial charge is 0.497 e. The van der Waals surface area contributed by atoms with Crippen LogP contribution < -0.4 is 9.47 Å². The Balaban J connectivity index is 1.67. The molecule has 0 saturated heterocycles. The van der Waals surface area contributed by atoms with Crippen LogP contribution in [0.3, 0.4) is 0 Å². The van der Waals surface area contributed by atoms with Crippen LogP contribution in [0.15, 0.2) is 72.8 Å². The van der Waals surface area contributed by atoms with Crippen LogP contribution in [-0.4, -0.2) is 57.1 Å². The fourth-order valence-corrected chi connectivity index (χ4v) is 3.82. The van der Waals surface area contributed by atoms with E-state index in [0.29, 0.717) is 12.1 Å². The highest BCUT2D eigenvalue weighted by atomic mass is 16.6. The van der Waals surface area contributed by atoms with Gasteiger partial charge in [0.05, 0.1) is 12.7 Å². The summed E-state index contributed by atoms with van der Waals surface area (Å²) in [6.45, 7) is 2.13. The van der Waals surface area contributed by atoms with Gasteiger partial charge in [-0.05, 0) is 69.3 Å². The summed E-state index contributed by atoms with van der Waals surface area (Å²) in [4.78, 5) is 26.8. The van der Waals surface area contributed by atoms with Crippen LogP contribution in [0.4, 0.5) is 0 Å². The Morgan fingerprint density at radius 1 is 0.857 bits per heavy atom. The first kappa shape index (κ1) is 26.0. The van der Waals surface area contributed by atoms with Gasteiger partial charge in [0.25, 0.3) is 0 Å². The molecule has 35 heavy (non-hydrogen) atoms. The number of carbonyl (C=O) groups excluding carboxylic acids is 2. The number of hydrogen-bond acceptors (Lipinski definition) is 6. The molecule has 6 nitrogen and oxygen atoms in total. The highest BCUT2D eigenvalue weighted by Gasteiger charge is 2.21. The Bertz CT molecular complexity index is 1120. The number of para-hydroxylation sites is 1. The molecule has 6 heteroatoms. The minimum absolute atomic E-state index is 0.177. The quantitative estimate of drug-likeness (QED) is 0.276. The lowest BCUT2D eigenvalue weighted by Crippen LogP contribution is -2.35. The number of ketones is 1. The molecule has 0 radical (unpaired) electrons. The van der Waals surface area contributed by atoms with Crippen molar-refractivity contribution in [2.24, 2.45) is 0 Å². The van der Waals surface area contributed by atoms with Gasteiger partial charge in [-0.3, -0.25) is 4.79 Å². The zero-order valence-electron chi connectivity index (χ0n) is 20.8. The van der Waals surface area contributed by atoms with Crippen molar-refractivity contribution in [3.8, 4) is 11.5 Å². The number of methoxy groups -OCH3 is 1. The number of hydrogen-bond donors (Lipinski definition) is 0. The van der Waals surface area contributed by atoms with Crippen LogP contribution in [0.1, 0.15) is 38.8 Å². The molecular formula is C29H33NO5. The molecule has 0 fully saturated rings. The SMILES string of the molecule is COc1ccc(CCc2ccccc2OC[C@@H](CN(C)C)OC(=O)c2ccccc2C(C)=O)cc1. The third-order valence-electron chi connectivity index (χ3n) is 5.61. The van der Waals surface area contributed by atoms with Crippen LogP contribution >= 0.6 is 0 Å². The molecule has 0 aliphatic heterocycles. The Morgan fingerprint density at radius 2 is 1.51 bits per heavy atom. The van der Waals surface area contributed by atoms with Gasteiger partial charge in [-0.1, -0.05) is 48.5 Å². The molecular weight excluding hydrogens is 442 g/mol. The molecule has 0 aromatic heterocycles. The summed E-state index contributed by atoms with van der Waals surface area (Å²) < 4.78 is 17.2. The van der Waals surface area contributed by atoms with E-state index >= 15 is 0 Å². The zero-order valence-corrected chi connectivity index (χ0v) is 20.8. The summed E-state index contributed by atoms with van der Waals surface area (Å²) in [7, 11) is 5.48. The zero-order chi connectivity index (χ0) is 25.2. The number of aryl methyl sites for hydroxylation is 2. The number of Topliss-reactive ketones (excluding diaryl/α,β-unsaturated/α-hetero) is 1. The van der Waals surface area contributed by atoms with Crippen LogP contribution in [0.5, 0.6) is 11.5 Å². The van der Waals surface area contributed by atoms with Gasteiger partial charge in [-0.15, -0.1) is 0 Å². The topological polar surface area (TPSA) is 65.1 Å². The lowest BCUT2D eigenvalue weighted by Gasteiger charge is -2.23. The van der Waals surface area contributed by atoms with Crippen molar-refractivity contribution in [1.82, 2.24) is 4.90 Å². The minimum Gasteiger partial charge on any atom is -0.497 e. The van der Waals surface area contributed by atoms with E-state index in [4.69, 9.17) is 14.2 Å². The minimum atomic E-state index is -0.529. The van der Waals surface area contributed by atoms with E-state index in [-0.39, 0.29) is 18.0 Å². The number of carbonyl (C=O) groups is 2. The Morgan fingerprint density at radius 3 is 2.17 bits per heavy atom. The number of benzene rings is 3. The van der Waals surface area contributed by atoms with E-state index < -0.39 is 12.1 Å². The first-order valence-electron chi connectivity index (χ1n) is 11.7. The molecule has 0 N–H and O–H groups in total. The van der Waals surface area contributed by atoms with Gasteiger partial charge < -0.3 is 19.1 Å². The van der Waals surface area contributed by atoms with Crippen LogP contribution in [0, 0.1) is 0 Å². The molecule has 0 heterocycles. The first-order chi connectivity index (χ1) is 16.9. The number of rotatable bonds is 12.